The van der Waals surface area contributed by atoms with E-state index in [1.54, 1.807) is 56.5 Å². The Bertz CT molecular complexity index is 788. The van der Waals surface area contributed by atoms with Crippen LogP contribution in [0.25, 0.3) is 0 Å². The molecule has 0 atom stereocenters. The zero-order valence-corrected chi connectivity index (χ0v) is 15.4. The van der Waals surface area contributed by atoms with Gasteiger partial charge >= 0.3 is 5.97 Å². The van der Waals surface area contributed by atoms with Crippen molar-refractivity contribution in [2.24, 2.45) is 5.10 Å². The number of carbonyl (C=O) groups is 2. The fourth-order valence-corrected chi connectivity index (χ4v) is 2.25. The maximum atomic E-state index is 12.1. The summed E-state index contributed by atoms with van der Waals surface area (Å²) in [6.07, 6.45) is 1.69. The average Bonchev–Trinajstić information content (AvgIpc) is 2.63. The molecule has 0 spiro atoms. The number of hydrogen-bond acceptors (Lipinski definition) is 5. The number of halogens is 1. The van der Waals surface area contributed by atoms with Crippen molar-refractivity contribution < 1.29 is 19.1 Å². The summed E-state index contributed by atoms with van der Waals surface area (Å²) in [7, 11) is 1.56. The Morgan fingerprint density at radius 3 is 2.56 bits per heavy atom. The van der Waals surface area contributed by atoms with Gasteiger partial charge in [0.25, 0.3) is 5.91 Å². The lowest BCUT2D eigenvalue weighted by Gasteiger charge is -2.07. The lowest BCUT2D eigenvalue weighted by Crippen LogP contribution is -2.17. The normalized spacial score (nSPS) is 10.5. The first-order valence-corrected chi connectivity index (χ1v) is 8.30. The molecule has 0 aliphatic rings. The van der Waals surface area contributed by atoms with Crippen molar-refractivity contribution in [2.75, 3.05) is 7.11 Å². The molecule has 0 aliphatic heterocycles. The standard InChI is InChI=1S/C18H17BrN2O4/c1-3-17(22)25-16-9-6-14(19)10-13(16)11-20-21-18(23)12-4-7-15(24-2)8-5-12/h4-11H,3H2,1-2H3,(H,21,23)/b20-11-. The van der Waals surface area contributed by atoms with Gasteiger partial charge in [-0.1, -0.05) is 22.9 Å². The highest BCUT2D eigenvalue weighted by molar-refractivity contribution is 9.10. The number of carbonyl (C=O) groups excluding carboxylic acids is 2. The summed E-state index contributed by atoms with van der Waals surface area (Å²) in [5.74, 6) is 0.328. The van der Waals surface area contributed by atoms with Crippen molar-refractivity contribution in [1.82, 2.24) is 5.43 Å². The number of amides is 1. The second kappa shape index (κ2) is 8.98. The first-order valence-electron chi connectivity index (χ1n) is 7.51. The van der Waals surface area contributed by atoms with Crippen LogP contribution in [0.4, 0.5) is 0 Å². The SMILES string of the molecule is CCC(=O)Oc1ccc(Br)cc1/C=N\NC(=O)c1ccc(OC)cc1. The molecule has 7 heteroatoms. The molecule has 6 nitrogen and oxygen atoms in total. The number of benzene rings is 2. The van der Waals surface area contributed by atoms with Crippen LogP contribution in [0.2, 0.25) is 0 Å². The number of esters is 1. The summed E-state index contributed by atoms with van der Waals surface area (Å²) >= 11 is 3.35. The lowest BCUT2D eigenvalue weighted by molar-refractivity contribution is -0.134. The molecule has 1 amide bonds. The van der Waals surface area contributed by atoms with E-state index in [0.717, 1.165) is 4.47 Å². The third-order valence-electron chi connectivity index (χ3n) is 3.21. The predicted octanol–water partition coefficient (Wildman–Crippen LogP) is 3.54. The number of rotatable bonds is 6. The van der Waals surface area contributed by atoms with Crippen molar-refractivity contribution in [3.05, 3.63) is 58.1 Å². The van der Waals surface area contributed by atoms with Gasteiger partial charge in [-0.15, -0.1) is 0 Å². The molecule has 2 aromatic carbocycles. The Labute approximate surface area is 154 Å². The highest BCUT2D eigenvalue weighted by Gasteiger charge is 2.08. The highest BCUT2D eigenvalue weighted by atomic mass is 79.9. The van der Waals surface area contributed by atoms with Gasteiger partial charge in [0, 0.05) is 22.0 Å². The number of nitrogens with one attached hydrogen (secondary N) is 1. The van der Waals surface area contributed by atoms with E-state index in [0.29, 0.717) is 22.6 Å². The minimum Gasteiger partial charge on any atom is -0.497 e. The Morgan fingerprint density at radius 2 is 1.92 bits per heavy atom. The van der Waals surface area contributed by atoms with Gasteiger partial charge in [0.2, 0.25) is 0 Å². The van der Waals surface area contributed by atoms with Gasteiger partial charge < -0.3 is 9.47 Å². The molecular formula is C18H17BrN2O4. The summed E-state index contributed by atoms with van der Waals surface area (Å²) in [5.41, 5.74) is 3.44. The third kappa shape index (κ3) is 5.42. The molecule has 1 N–H and O–H groups in total. The summed E-state index contributed by atoms with van der Waals surface area (Å²) < 4.78 is 11.1. The molecule has 2 aromatic rings. The zero-order chi connectivity index (χ0) is 18.2. The van der Waals surface area contributed by atoms with Crippen LogP contribution in [0.1, 0.15) is 29.3 Å². The quantitative estimate of drug-likeness (QED) is 0.345. The van der Waals surface area contributed by atoms with Gasteiger partial charge in [0.05, 0.1) is 13.3 Å². The average molecular weight is 405 g/mol. The topological polar surface area (TPSA) is 77.0 Å². The molecule has 0 bridgehead atoms. The van der Waals surface area contributed by atoms with Gasteiger partial charge in [-0.3, -0.25) is 9.59 Å². The van der Waals surface area contributed by atoms with E-state index in [1.165, 1.54) is 6.21 Å². The monoisotopic (exact) mass is 404 g/mol. The summed E-state index contributed by atoms with van der Waals surface area (Å²) in [6, 6.07) is 11.8. The molecule has 25 heavy (non-hydrogen) atoms. The lowest BCUT2D eigenvalue weighted by atomic mass is 10.2. The van der Waals surface area contributed by atoms with Crippen LogP contribution < -0.4 is 14.9 Å². The van der Waals surface area contributed by atoms with Crippen molar-refractivity contribution >= 4 is 34.0 Å². The van der Waals surface area contributed by atoms with Gasteiger partial charge in [-0.25, -0.2) is 5.43 Å². The predicted molar refractivity (Wildman–Crippen MR) is 98.1 cm³/mol. The van der Waals surface area contributed by atoms with Crippen molar-refractivity contribution in [3.8, 4) is 11.5 Å². The van der Waals surface area contributed by atoms with E-state index >= 15 is 0 Å². The number of methoxy groups -OCH3 is 1. The number of ether oxygens (including phenoxy) is 2. The second-order valence-corrected chi connectivity index (χ2v) is 5.85. The van der Waals surface area contributed by atoms with Gasteiger partial charge in [-0.2, -0.15) is 5.10 Å². The second-order valence-electron chi connectivity index (χ2n) is 4.94. The van der Waals surface area contributed by atoms with Crippen LogP contribution in [-0.2, 0) is 4.79 Å². The first kappa shape index (κ1) is 18.7. The molecule has 130 valence electrons. The molecule has 0 saturated heterocycles. The van der Waals surface area contributed by atoms with Gasteiger partial charge in [-0.05, 0) is 42.5 Å². The van der Waals surface area contributed by atoms with Crippen LogP contribution in [0.3, 0.4) is 0 Å². The van der Waals surface area contributed by atoms with E-state index in [4.69, 9.17) is 9.47 Å². The van der Waals surface area contributed by atoms with Crippen molar-refractivity contribution in [2.45, 2.75) is 13.3 Å². The molecule has 0 heterocycles. The molecule has 0 saturated carbocycles. The number of hydrogen-bond donors (Lipinski definition) is 1. The molecular weight excluding hydrogens is 388 g/mol. The molecule has 0 unspecified atom stereocenters. The van der Waals surface area contributed by atoms with E-state index in [9.17, 15) is 9.59 Å². The minimum atomic E-state index is -0.360. The van der Waals surface area contributed by atoms with E-state index in [1.807, 2.05) is 0 Å². The Morgan fingerprint density at radius 1 is 1.20 bits per heavy atom. The van der Waals surface area contributed by atoms with Crippen LogP contribution in [0, 0.1) is 0 Å². The van der Waals surface area contributed by atoms with Gasteiger partial charge in [0.1, 0.15) is 11.5 Å². The van der Waals surface area contributed by atoms with Crippen molar-refractivity contribution in [1.29, 1.82) is 0 Å². The number of hydrazone groups is 1. The molecule has 0 fully saturated rings. The maximum absolute atomic E-state index is 12.1. The Balaban J connectivity index is 2.08. The largest absolute Gasteiger partial charge is 0.497 e. The highest BCUT2D eigenvalue weighted by Crippen LogP contribution is 2.22. The fourth-order valence-electron chi connectivity index (χ4n) is 1.88. The molecule has 0 aliphatic carbocycles. The molecule has 0 radical (unpaired) electrons. The maximum Gasteiger partial charge on any atom is 0.310 e. The third-order valence-corrected chi connectivity index (χ3v) is 3.70. The number of nitrogens with zero attached hydrogens (tertiary/aromatic N) is 1. The van der Waals surface area contributed by atoms with Crippen LogP contribution >= 0.6 is 15.9 Å². The van der Waals surface area contributed by atoms with Crippen molar-refractivity contribution in [3.63, 3.8) is 0 Å². The Kier molecular flexibility index (Phi) is 6.71. The molecule has 2 rings (SSSR count). The Hall–Kier alpha value is -2.67. The van der Waals surface area contributed by atoms with Crippen LogP contribution in [0.15, 0.2) is 52.0 Å². The first-order chi connectivity index (χ1) is 12.0. The summed E-state index contributed by atoms with van der Waals surface area (Å²) in [6.45, 7) is 1.71. The zero-order valence-electron chi connectivity index (χ0n) is 13.8. The van der Waals surface area contributed by atoms with Crippen LogP contribution in [-0.4, -0.2) is 25.2 Å². The summed E-state index contributed by atoms with van der Waals surface area (Å²) in [5, 5.41) is 3.93. The summed E-state index contributed by atoms with van der Waals surface area (Å²) in [4.78, 5) is 23.5. The van der Waals surface area contributed by atoms with E-state index < -0.39 is 0 Å². The van der Waals surface area contributed by atoms with Gasteiger partial charge in [0.15, 0.2) is 0 Å². The van der Waals surface area contributed by atoms with E-state index in [-0.39, 0.29) is 18.3 Å². The van der Waals surface area contributed by atoms with E-state index in [2.05, 4.69) is 26.5 Å². The van der Waals surface area contributed by atoms with Crippen LogP contribution in [0.5, 0.6) is 11.5 Å². The fraction of sp³-hybridized carbons (Fsp3) is 0.167. The smallest absolute Gasteiger partial charge is 0.310 e. The minimum absolute atomic E-state index is 0.265. The molecule has 0 aromatic heterocycles.